The summed E-state index contributed by atoms with van der Waals surface area (Å²) in [5.41, 5.74) is 0.655. The first kappa shape index (κ1) is 5.96. The lowest BCUT2D eigenvalue weighted by atomic mass is 10.6. The van der Waals surface area contributed by atoms with Crippen LogP contribution in [0.5, 0.6) is 0 Å². The largest absolute Gasteiger partial charge is 0.337 e. The van der Waals surface area contributed by atoms with Gasteiger partial charge in [0, 0.05) is 6.07 Å². The molecular weight excluding hydrogens is 144 g/mol. The zero-order valence-corrected chi connectivity index (χ0v) is 5.58. The van der Waals surface area contributed by atoms with Crippen LogP contribution < -0.4 is 4.68 Å². The van der Waals surface area contributed by atoms with Gasteiger partial charge in [0.25, 0.3) is 6.33 Å². The molecule has 2 rings (SSSR count). The second-order valence-corrected chi connectivity index (χ2v) is 2.01. The summed E-state index contributed by atoms with van der Waals surface area (Å²) in [7, 11) is 0. The van der Waals surface area contributed by atoms with Gasteiger partial charge in [-0.25, -0.2) is 4.79 Å². The molecule has 0 bridgehead atoms. The second-order valence-electron chi connectivity index (χ2n) is 2.01. The molecule has 0 saturated heterocycles. The molecule has 0 aliphatic heterocycles. The molecule has 5 nitrogen and oxygen atoms in total. The molecule has 2 aromatic heterocycles. The van der Waals surface area contributed by atoms with Crippen LogP contribution in [0.1, 0.15) is 0 Å². The first-order chi connectivity index (χ1) is 5.42. The average Bonchev–Trinajstić information content (AvgIpc) is 2.47. The van der Waals surface area contributed by atoms with Crippen LogP contribution in [0.25, 0.3) is 5.65 Å². The maximum atomic E-state index is 10.3. The molecule has 0 fully saturated rings. The fourth-order valence-electron chi connectivity index (χ4n) is 0.890. The van der Waals surface area contributed by atoms with E-state index < -0.39 is 0 Å². The van der Waals surface area contributed by atoms with Gasteiger partial charge in [0.15, 0.2) is 0 Å². The highest BCUT2D eigenvalue weighted by atomic mass is 16.1. The summed E-state index contributed by atoms with van der Waals surface area (Å²) >= 11 is 0. The van der Waals surface area contributed by atoms with Crippen molar-refractivity contribution in [1.29, 1.82) is 0 Å². The van der Waals surface area contributed by atoms with Crippen molar-refractivity contribution in [2.75, 3.05) is 0 Å². The van der Waals surface area contributed by atoms with Crippen LogP contribution in [0, 0.1) is 0 Å². The van der Waals surface area contributed by atoms with Gasteiger partial charge < -0.3 is 0 Å². The summed E-state index contributed by atoms with van der Waals surface area (Å²) in [5, 5.41) is 7.69. The molecule has 0 spiro atoms. The van der Waals surface area contributed by atoms with Crippen molar-refractivity contribution in [3.05, 3.63) is 24.7 Å². The van der Waals surface area contributed by atoms with Crippen LogP contribution in [0.4, 0.5) is 0 Å². The minimum absolute atomic E-state index is 0.636. The zero-order valence-electron chi connectivity index (χ0n) is 5.58. The molecule has 0 N–H and O–H groups in total. The molecule has 5 heteroatoms. The molecule has 0 aliphatic carbocycles. The number of carbonyl (C=O) groups excluding carboxylic acids is 1. The molecule has 54 valence electrons. The predicted molar refractivity (Wildman–Crippen MR) is 35.3 cm³/mol. The fourth-order valence-corrected chi connectivity index (χ4v) is 0.890. The Morgan fingerprint density at radius 1 is 1.64 bits per heavy atom. The Balaban J connectivity index is 2.86. The van der Waals surface area contributed by atoms with Gasteiger partial charge in [0.2, 0.25) is 0 Å². The molecule has 0 atom stereocenters. The Morgan fingerprint density at radius 3 is 3.36 bits per heavy atom. The van der Waals surface area contributed by atoms with Crippen molar-refractivity contribution in [3.8, 4) is 0 Å². The van der Waals surface area contributed by atoms with Gasteiger partial charge in [-0.05, 0) is 11.2 Å². The minimum Gasteiger partial charge on any atom is -0.248 e. The standard InChI is InChI=1S/C6H5N4O/c11-5-10-6-2-1-3-7-9(6)4-8-10/h1-5H/q+1. The highest BCUT2D eigenvalue weighted by molar-refractivity contribution is 5.41. The molecule has 2 heterocycles. The number of aromatic nitrogens is 4. The summed E-state index contributed by atoms with van der Waals surface area (Å²) in [6.45, 7) is 0. The van der Waals surface area contributed by atoms with Gasteiger partial charge in [-0.1, -0.05) is 14.3 Å². The summed E-state index contributed by atoms with van der Waals surface area (Å²) < 4.78 is 2.74. The Morgan fingerprint density at radius 2 is 2.55 bits per heavy atom. The molecule has 0 aromatic carbocycles. The van der Waals surface area contributed by atoms with Crippen molar-refractivity contribution in [1.82, 2.24) is 14.7 Å². The molecule has 0 unspecified atom stereocenters. The van der Waals surface area contributed by atoms with E-state index in [2.05, 4.69) is 10.2 Å². The molecule has 11 heavy (non-hydrogen) atoms. The first-order valence-corrected chi connectivity index (χ1v) is 3.07. The van der Waals surface area contributed by atoms with Crippen LogP contribution in [-0.4, -0.2) is 21.1 Å². The van der Waals surface area contributed by atoms with Crippen LogP contribution in [0.2, 0.25) is 0 Å². The van der Waals surface area contributed by atoms with Gasteiger partial charge in [-0.2, -0.15) is 0 Å². The summed E-state index contributed by atoms with van der Waals surface area (Å²) in [6, 6.07) is 3.51. The van der Waals surface area contributed by atoms with Crippen molar-refractivity contribution < 1.29 is 9.48 Å². The lowest BCUT2D eigenvalue weighted by Crippen LogP contribution is -2.35. The van der Waals surface area contributed by atoms with Gasteiger partial charge in [0.1, 0.15) is 0 Å². The van der Waals surface area contributed by atoms with Crippen molar-refractivity contribution in [2.45, 2.75) is 0 Å². The quantitative estimate of drug-likeness (QED) is 0.388. The number of rotatable bonds is 1. The predicted octanol–water partition coefficient (Wildman–Crippen LogP) is -0.945. The third-order valence-electron chi connectivity index (χ3n) is 1.38. The van der Waals surface area contributed by atoms with E-state index in [9.17, 15) is 4.79 Å². The minimum atomic E-state index is 0.636. The van der Waals surface area contributed by atoms with Gasteiger partial charge in [-0.3, -0.25) is 0 Å². The lowest BCUT2D eigenvalue weighted by Gasteiger charge is -1.79. The van der Waals surface area contributed by atoms with Crippen LogP contribution in [0.3, 0.4) is 0 Å². The van der Waals surface area contributed by atoms with Crippen molar-refractivity contribution in [3.63, 3.8) is 0 Å². The summed E-state index contributed by atoms with van der Waals surface area (Å²) in [5.74, 6) is 0. The number of carbonyl (C=O) groups is 1. The van der Waals surface area contributed by atoms with E-state index in [1.807, 2.05) is 0 Å². The van der Waals surface area contributed by atoms with E-state index in [0.717, 1.165) is 0 Å². The monoisotopic (exact) mass is 149 g/mol. The number of hydrogen-bond acceptors (Lipinski definition) is 3. The molecule has 0 amide bonds. The SMILES string of the molecule is O=C[n+]1ncn2ncccc21. The van der Waals surface area contributed by atoms with Gasteiger partial charge in [0.05, 0.1) is 6.20 Å². The number of fused-ring (bicyclic) bond motifs is 1. The number of hydrogen-bond donors (Lipinski definition) is 0. The van der Waals surface area contributed by atoms with E-state index in [1.54, 1.807) is 18.3 Å². The Hall–Kier alpha value is -1.78. The third kappa shape index (κ3) is 0.778. The van der Waals surface area contributed by atoms with Crippen molar-refractivity contribution >= 4 is 12.1 Å². The van der Waals surface area contributed by atoms with E-state index in [1.165, 1.54) is 15.5 Å². The van der Waals surface area contributed by atoms with E-state index in [0.29, 0.717) is 12.1 Å². The highest BCUT2D eigenvalue weighted by Crippen LogP contribution is 1.88. The molecule has 0 radical (unpaired) electrons. The van der Waals surface area contributed by atoms with Crippen LogP contribution in [-0.2, 0) is 4.79 Å². The van der Waals surface area contributed by atoms with Gasteiger partial charge in [-0.15, -0.1) is 0 Å². The zero-order chi connectivity index (χ0) is 7.68. The maximum absolute atomic E-state index is 10.3. The average molecular weight is 149 g/mol. The lowest BCUT2D eigenvalue weighted by molar-refractivity contribution is -0.589. The van der Waals surface area contributed by atoms with Crippen molar-refractivity contribution in [2.24, 2.45) is 0 Å². The third-order valence-corrected chi connectivity index (χ3v) is 1.38. The Kier molecular flexibility index (Phi) is 1.15. The Bertz CT molecular complexity index is 394. The molecule has 0 saturated carbocycles. The molecule has 0 aliphatic rings. The second kappa shape index (κ2) is 2.12. The first-order valence-electron chi connectivity index (χ1n) is 3.07. The molecule has 2 aromatic rings. The van der Waals surface area contributed by atoms with Crippen LogP contribution in [0.15, 0.2) is 24.7 Å². The van der Waals surface area contributed by atoms with Gasteiger partial charge >= 0.3 is 12.1 Å². The summed E-state index contributed by atoms with van der Waals surface area (Å²) in [4.78, 5) is 10.3. The maximum Gasteiger partial charge on any atom is 0.337 e. The van der Waals surface area contributed by atoms with Crippen LogP contribution >= 0.6 is 0 Å². The van der Waals surface area contributed by atoms with E-state index >= 15 is 0 Å². The smallest absolute Gasteiger partial charge is 0.248 e. The Labute approximate surface area is 61.9 Å². The molecular formula is C6H5N4O+. The normalized spacial score (nSPS) is 10.2. The van der Waals surface area contributed by atoms with E-state index in [-0.39, 0.29) is 0 Å². The van der Waals surface area contributed by atoms with E-state index in [4.69, 9.17) is 0 Å². The number of nitrogens with zero attached hydrogens (tertiary/aromatic N) is 4. The highest BCUT2D eigenvalue weighted by Gasteiger charge is 2.08. The summed E-state index contributed by atoms with van der Waals surface area (Å²) in [6.07, 6.45) is 3.74. The fraction of sp³-hybridized carbons (Fsp3) is 0. The topological polar surface area (TPSA) is 51.1 Å².